The number of rotatable bonds is 4. The fourth-order valence-corrected chi connectivity index (χ4v) is 6.88. The number of para-hydroxylation sites is 1. The Morgan fingerprint density at radius 1 is 0.522 bits per heavy atom. The molecule has 9 rings (SSSR count). The molecule has 0 amide bonds. The molecule has 8 aromatic rings. The molecule has 1 aliphatic rings. The molecule has 0 saturated heterocycles. The number of allylic oxidation sites excluding steroid dienone is 3. The third kappa shape index (κ3) is 4.36. The van der Waals surface area contributed by atoms with Gasteiger partial charge in [0, 0.05) is 33.0 Å². The molecule has 0 spiro atoms. The van der Waals surface area contributed by atoms with E-state index in [2.05, 4.69) is 162 Å². The Labute approximate surface area is 267 Å². The number of fused-ring (bicyclic) bond motifs is 6. The number of aromatic nitrogens is 3. The zero-order valence-corrected chi connectivity index (χ0v) is 25.1. The van der Waals surface area contributed by atoms with Crippen LogP contribution in [0.1, 0.15) is 11.3 Å². The first-order chi connectivity index (χ1) is 22.8. The minimum absolute atomic E-state index is 0.722. The first-order valence-electron chi connectivity index (χ1n) is 15.7. The van der Waals surface area contributed by atoms with E-state index in [-0.39, 0.29) is 0 Å². The van der Waals surface area contributed by atoms with Crippen LogP contribution in [-0.2, 0) is 6.42 Å². The van der Waals surface area contributed by atoms with Crippen molar-refractivity contribution in [3.8, 4) is 39.5 Å². The molecule has 0 fully saturated rings. The van der Waals surface area contributed by atoms with Crippen LogP contribution in [0.15, 0.2) is 158 Å². The number of nitrogens with zero attached hydrogens (tertiary/aromatic N) is 3. The zero-order valence-electron chi connectivity index (χ0n) is 25.1. The van der Waals surface area contributed by atoms with E-state index in [4.69, 9.17) is 9.97 Å². The molecule has 2 heterocycles. The molecule has 0 aliphatic heterocycles. The molecule has 0 bridgehead atoms. The minimum Gasteiger partial charge on any atom is -0.310 e. The maximum atomic E-state index is 5.22. The summed E-state index contributed by atoms with van der Waals surface area (Å²) in [6.45, 7) is 0. The summed E-state index contributed by atoms with van der Waals surface area (Å²) in [5.74, 6) is 0.722. The molecule has 0 unspecified atom stereocenters. The van der Waals surface area contributed by atoms with Crippen molar-refractivity contribution in [2.75, 3.05) is 0 Å². The summed E-state index contributed by atoms with van der Waals surface area (Å²) in [5, 5.41) is 4.66. The summed E-state index contributed by atoms with van der Waals surface area (Å²) in [6.07, 6.45) is 9.68. The van der Waals surface area contributed by atoms with E-state index in [1.807, 2.05) is 6.07 Å². The van der Waals surface area contributed by atoms with Crippen LogP contribution in [0.3, 0.4) is 0 Å². The summed E-state index contributed by atoms with van der Waals surface area (Å²) in [6, 6.07) is 49.4. The molecular weight excluding hydrogens is 558 g/mol. The van der Waals surface area contributed by atoms with E-state index in [1.54, 1.807) is 0 Å². The van der Waals surface area contributed by atoms with E-state index in [9.17, 15) is 0 Å². The van der Waals surface area contributed by atoms with Crippen molar-refractivity contribution in [2.24, 2.45) is 0 Å². The van der Waals surface area contributed by atoms with Gasteiger partial charge in [0.1, 0.15) is 0 Å². The molecular formula is C43H29N3. The molecule has 2 aromatic heterocycles. The summed E-state index contributed by atoms with van der Waals surface area (Å²) in [7, 11) is 0. The second kappa shape index (κ2) is 10.8. The molecule has 0 radical (unpaired) electrons. The smallest absolute Gasteiger partial charge is 0.160 e. The highest BCUT2D eigenvalue weighted by Crippen LogP contribution is 2.36. The topological polar surface area (TPSA) is 30.7 Å². The third-order valence-electron chi connectivity index (χ3n) is 9.04. The van der Waals surface area contributed by atoms with Gasteiger partial charge in [-0.3, -0.25) is 0 Å². The fourth-order valence-electron chi connectivity index (χ4n) is 6.88. The van der Waals surface area contributed by atoms with Crippen LogP contribution in [-0.4, -0.2) is 14.5 Å². The van der Waals surface area contributed by atoms with E-state index in [1.165, 1.54) is 27.5 Å². The van der Waals surface area contributed by atoms with Crippen molar-refractivity contribution in [2.45, 2.75) is 6.42 Å². The van der Waals surface area contributed by atoms with Gasteiger partial charge >= 0.3 is 0 Å². The van der Waals surface area contributed by atoms with Crippen LogP contribution < -0.4 is 0 Å². The standard InChI is InChI=1S/C43H29N3/c1-3-14-30(15-4-1)41-38-26-25-29-13-7-8-20-35(29)42(38)45-43(44-41)33-18-11-16-31(27-33)32-17-12-19-34(28-32)46-39-23-6-2-5-21-36(39)37-22-9-10-24-40(37)46/h1-20,22-28H,21H2. The third-order valence-corrected chi connectivity index (χ3v) is 9.04. The molecule has 3 heteroatoms. The first-order valence-corrected chi connectivity index (χ1v) is 15.7. The Morgan fingerprint density at radius 3 is 2.17 bits per heavy atom. The Bertz CT molecular complexity index is 2500. The maximum absolute atomic E-state index is 5.22. The van der Waals surface area contributed by atoms with Crippen molar-refractivity contribution in [3.05, 3.63) is 169 Å². The van der Waals surface area contributed by atoms with Crippen LogP contribution in [0.2, 0.25) is 0 Å². The summed E-state index contributed by atoms with van der Waals surface area (Å²) < 4.78 is 2.39. The molecule has 0 N–H and O–H groups in total. The lowest BCUT2D eigenvalue weighted by atomic mass is 10.00. The molecule has 1 aliphatic carbocycles. The van der Waals surface area contributed by atoms with Crippen molar-refractivity contribution in [1.82, 2.24) is 14.5 Å². The first kappa shape index (κ1) is 26.4. The quantitative estimate of drug-likeness (QED) is 0.192. The van der Waals surface area contributed by atoms with Gasteiger partial charge in [0.05, 0.1) is 22.4 Å². The van der Waals surface area contributed by atoms with Crippen LogP contribution in [0.4, 0.5) is 0 Å². The van der Waals surface area contributed by atoms with Crippen LogP contribution >= 0.6 is 0 Å². The summed E-state index contributed by atoms with van der Waals surface area (Å²) in [4.78, 5) is 10.4. The number of hydrogen-bond acceptors (Lipinski definition) is 2. The molecule has 6 aromatic carbocycles. The van der Waals surface area contributed by atoms with Gasteiger partial charge in [-0.15, -0.1) is 0 Å². The average Bonchev–Trinajstić information content (AvgIpc) is 3.25. The van der Waals surface area contributed by atoms with E-state index >= 15 is 0 Å². The summed E-state index contributed by atoms with van der Waals surface area (Å²) >= 11 is 0. The highest BCUT2D eigenvalue weighted by Gasteiger charge is 2.18. The largest absolute Gasteiger partial charge is 0.310 e. The van der Waals surface area contributed by atoms with Gasteiger partial charge in [0.25, 0.3) is 0 Å². The molecule has 0 saturated carbocycles. The van der Waals surface area contributed by atoms with Crippen LogP contribution in [0.25, 0.3) is 78.1 Å². The van der Waals surface area contributed by atoms with Gasteiger partial charge in [-0.2, -0.15) is 0 Å². The Kier molecular flexibility index (Phi) is 6.20. The average molecular weight is 588 g/mol. The Balaban J connectivity index is 1.20. The molecule has 46 heavy (non-hydrogen) atoms. The van der Waals surface area contributed by atoms with Crippen molar-refractivity contribution in [3.63, 3.8) is 0 Å². The highest BCUT2D eigenvalue weighted by atomic mass is 15.0. The minimum atomic E-state index is 0.722. The lowest BCUT2D eigenvalue weighted by Crippen LogP contribution is -1.98. The molecule has 3 nitrogen and oxygen atoms in total. The van der Waals surface area contributed by atoms with E-state index < -0.39 is 0 Å². The fraction of sp³-hybridized carbons (Fsp3) is 0.0233. The van der Waals surface area contributed by atoms with Crippen LogP contribution in [0, 0.1) is 0 Å². The van der Waals surface area contributed by atoms with Gasteiger partial charge < -0.3 is 4.57 Å². The van der Waals surface area contributed by atoms with E-state index in [0.29, 0.717) is 0 Å². The van der Waals surface area contributed by atoms with Crippen molar-refractivity contribution < 1.29 is 0 Å². The monoisotopic (exact) mass is 587 g/mol. The lowest BCUT2D eigenvalue weighted by molar-refractivity contribution is 1.09. The van der Waals surface area contributed by atoms with Crippen molar-refractivity contribution >= 4 is 38.7 Å². The van der Waals surface area contributed by atoms with Crippen LogP contribution in [0.5, 0.6) is 0 Å². The Morgan fingerprint density at radius 2 is 1.26 bits per heavy atom. The zero-order chi connectivity index (χ0) is 30.5. The predicted octanol–water partition coefficient (Wildman–Crippen LogP) is 10.9. The van der Waals surface area contributed by atoms with Gasteiger partial charge in [-0.05, 0) is 64.9 Å². The van der Waals surface area contributed by atoms with E-state index in [0.717, 1.165) is 62.2 Å². The molecule has 0 atom stereocenters. The maximum Gasteiger partial charge on any atom is 0.160 e. The predicted molar refractivity (Wildman–Crippen MR) is 192 cm³/mol. The highest BCUT2D eigenvalue weighted by molar-refractivity contribution is 6.09. The number of hydrogen-bond donors (Lipinski definition) is 0. The Hall–Kier alpha value is -6.06. The SMILES string of the molecule is C1=CCc2c(n(-c3cccc(-c4cccc(-c5nc(-c6ccccc6)c6ccc7ccccc7c6n5)c4)c3)c3ccccc23)C=C1. The second-order valence-electron chi connectivity index (χ2n) is 11.8. The molecule has 216 valence electrons. The van der Waals surface area contributed by atoms with Gasteiger partial charge in [-0.25, -0.2) is 9.97 Å². The van der Waals surface area contributed by atoms with Gasteiger partial charge in [0.15, 0.2) is 5.82 Å². The van der Waals surface area contributed by atoms with Gasteiger partial charge in [-0.1, -0.05) is 127 Å². The van der Waals surface area contributed by atoms with Crippen molar-refractivity contribution in [1.29, 1.82) is 0 Å². The lowest BCUT2D eigenvalue weighted by Gasteiger charge is -2.13. The second-order valence-corrected chi connectivity index (χ2v) is 11.8. The van der Waals surface area contributed by atoms with Gasteiger partial charge in [0.2, 0.25) is 0 Å². The normalized spacial score (nSPS) is 12.5. The summed E-state index contributed by atoms with van der Waals surface area (Å²) in [5.41, 5.74) is 11.2. The number of benzene rings is 6.